The fourth-order valence-corrected chi connectivity index (χ4v) is 5.13. The van der Waals surface area contributed by atoms with E-state index in [1.807, 2.05) is 36.0 Å². The number of aryl methyl sites for hydroxylation is 1. The molecule has 1 fully saturated rings. The molecule has 4 aromatic rings. The number of para-hydroxylation sites is 1. The quantitative estimate of drug-likeness (QED) is 0.536. The number of amides is 1. The van der Waals surface area contributed by atoms with Crippen LogP contribution in [0.4, 0.5) is 0 Å². The zero-order valence-electron chi connectivity index (χ0n) is 16.9. The second kappa shape index (κ2) is 7.66. The number of hydrogen-bond acceptors (Lipinski definition) is 5. The van der Waals surface area contributed by atoms with Crippen molar-refractivity contribution in [2.24, 2.45) is 0 Å². The number of rotatable bonds is 3. The molecule has 0 atom stereocenters. The van der Waals surface area contributed by atoms with Crippen LogP contribution in [0.2, 0.25) is 0 Å². The Morgan fingerprint density at radius 1 is 1.10 bits per heavy atom. The van der Waals surface area contributed by atoms with Crippen LogP contribution >= 0.6 is 11.3 Å². The van der Waals surface area contributed by atoms with Gasteiger partial charge in [0.2, 0.25) is 0 Å². The average molecular weight is 436 g/mol. The average Bonchev–Trinajstić information content (AvgIpc) is 3.44. The molecule has 0 saturated carbocycles. The van der Waals surface area contributed by atoms with Gasteiger partial charge in [0.05, 0.1) is 16.6 Å². The molecule has 1 N–H and O–H groups in total. The first-order valence-electron chi connectivity index (χ1n) is 10.2. The molecule has 3 aromatic heterocycles. The van der Waals surface area contributed by atoms with Crippen molar-refractivity contribution in [1.29, 1.82) is 0 Å². The molecule has 1 aromatic carbocycles. The standard InChI is InChI=1S/C22H21N5O3S/c1-14-18(31-22(23-14)26-10-4-5-11-26)20(29)25-12-8-15(9-13-25)27-19(28)16-6-2-3-7-17(16)24-21(27)30/h2-7,10-11,15H,8-9,12-13H2,1H3,(H,24,30). The van der Waals surface area contributed by atoms with Gasteiger partial charge in [-0.2, -0.15) is 0 Å². The van der Waals surface area contributed by atoms with Gasteiger partial charge in [0.15, 0.2) is 5.13 Å². The van der Waals surface area contributed by atoms with Crippen LogP contribution < -0.4 is 11.2 Å². The number of likely N-dealkylation sites (tertiary alicyclic amines) is 1. The van der Waals surface area contributed by atoms with Crippen LogP contribution in [0.1, 0.15) is 34.2 Å². The van der Waals surface area contributed by atoms with Crippen molar-refractivity contribution in [3.05, 3.63) is 80.2 Å². The number of nitrogens with one attached hydrogen (secondary N) is 1. The molecule has 1 aliphatic heterocycles. The van der Waals surface area contributed by atoms with Crippen molar-refractivity contribution in [1.82, 2.24) is 24.0 Å². The zero-order chi connectivity index (χ0) is 21.5. The number of aromatic nitrogens is 4. The van der Waals surface area contributed by atoms with Gasteiger partial charge < -0.3 is 14.5 Å². The molecular weight excluding hydrogens is 414 g/mol. The predicted molar refractivity (Wildman–Crippen MR) is 119 cm³/mol. The van der Waals surface area contributed by atoms with Gasteiger partial charge in [-0.05, 0) is 44.0 Å². The van der Waals surface area contributed by atoms with Crippen LogP contribution in [0.5, 0.6) is 0 Å². The summed E-state index contributed by atoms with van der Waals surface area (Å²) in [7, 11) is 0. The van der Waals surface area contributed by atoms with Gasteiger partial charge in [-0.1, -0.05) is 23.5 Å². The Kier molecular flexibility index (Phi) is 4.82. The summed E-state index contributed by atoms with van der Waals surface area (Å²) < 4.78 is 3.20. The summed E-state index contributed by atoms with van der Waals surface area (Å²) >= 11 is 1.37. The normalized spacial score (nSPS) is 14.9. The third-order valence-electron chi connectivity index (χ3n) is 5.76. The highest BCUT2D eigenvalue weighted by Crippen LogP contribution is 2.27. The monoisotopic (exact) mass is 435 g/mol. The number of fused-ring (bicyclic) bond motifs is 1. The van der Waals surface area contributed by atoms with Crippen molar-refractivity contribution in [3.8, 4) is 5.13 Å². The van der Waals surface area contributed by atoms with Crippen LogP contribution in [0.15, 0.2) is 58.4 Å². The molecule has 158 valence electrons. The molecule has 8 nitrogen and oxygen atoms in total. The lowest BCUT2D eigenvalue weighted by molar-refractivity contribution is 0.0696. The molecular formula is C22H21N5O3S. The third kappa shape index (κ3) is 3.40. The predicted octanol–water partition coefficient (Wildman–Crippen LogP) is 2.72. The van der Waals surface area contributed by atoms with Gasteiger partial charge in [-0.15, -0.1) is 0 Å². The maximum Gasteiger partial charge on any atom is 0.329 e. The summed E-state index contributed by atoms with van der Waals surface area (Å²) in [5.41, 5.74) is 0.575. The van der Waals surface area contributed by atoms with E-state index in [0.29, 0.717) is 47.4 Å². The Labute approximate surface area is 181 Å². The topological polar surface area (TPSA) is 93.0 Å². The van der Waals surface area contributed by atoms with E-state index in [4.69, 9.17) is 0 Å². The van der Waals surface area contributed by atoms with E-state index in [-0.39, 0.29) is 17.5 Å². The minimum atomic E-state index is -0.400. The molecule has 5 rings (SSSR count). The summed E-state index contributed by atoms with van der Waals surface area (Å²) in [5.74, 6) is -0.0494. The van der Waals surface area contributed by atoms with E-state index < -0.39 is 5.69 Å². The van der Waals surface area contributed by atoms with E-state index in [9.17, 15) is 14.4 Å². The van der Waals surface area contributed by atoms with Crippen LogP contribution in [0, 0.1) is 6.92 Å². The number of carbonyl (C=O) groups excluding carboxylic acids is 1. The van der Waals surface area contributed by atoms with Crippen molar-refractivity contribution >= 4 is 28.1 Å². The number of carbonyl (C=O) groups is 1. The number of piperidine rings is 1. The van der Waals surface area contributed by atoms with E-state index in [0.717, 1.165) is 5.13 Å². The molecule has 1 amide bonds. The van der Waals surface area contributed by atoms with Gasteiger partial charge in [-0.3, -0.25) is 14.2 Å². The van der Waals surface area contributed by atoms with Crippen molar-refractivity contribution < 1.29 is 4.79 Å². The fourth-order valence-electron chi connectivity index (χ4n) is 4.13. The van der Waals surface area contributed by atoms with Gasteiger partial charge in [0.1, 0.15) is 4.88 Å². The Morgan fingerprint density at radius 3 is 2.55 bits per heavy atom. The fraction of sp³-hybridized carbons (Fsp3) is 0.273. The summed E-state index contributed by atoms with van der Waals surface area (Å²) in [4.78, 5) is 48.3. The lowest BCUT2D eigenvalue weighted by Gasteiger charge is -2.32. The number of hydrogen-bond donors (Lipinski definition) is 1. The Hall–Kier alpha value is -3.46. The third-order valence-corrected chi connectivity index (χ3v) is 6.92. The number of H-pyrrole nitrogens is 1. The molecule has 0 aliphatic carbocycles. The first kappa shape index (κ1) is 19.5. The van der Waals surface area contributed by atoms with Crippen molar-refractivity contribution in [3.63, 3.8) is 0 Å². The number of aromatic amines is 1. The smallest absolute Gasteiger partial charge is 0.329 e. The maximum atomic E-state index is 13.1. The van der Waals surface area contributed by atoms with Crippen LogP contribution in [-0.2, 0) is 0 Å². The maximum absolute atomic E-state index is 13.1. The highest BCUT2D eigenvalue weighted by Gasteiger charge is 2.29. The molecule has 0 spiro atoms. The van der Waals surface area contributed by atoms with Crippen molar-refractivity contribution in [2.75, 3.05) is 13.1 Å². The summed E-state index contributed by atoms with van der Waals surface area (Å²) in [6, 6.07) is 10.6. The van der Waals surface area contributed by atoms with Gasteiger partial charge >= 0.3 is 5.69 Å². The number of benzene rings is 1. The molecule has 1 saturated heterocycles. The second-order valence-electron chi connectivity index (χ2n) is 7.68. The molecule has 0 radical (unpaired) electrons. The lowest BCUT2D eigenvalue weighted by Crippen LogP contribution is -2.45. The van der Waals surface area contributed by atoms with Gasteiger partial charge in [0.25, 0.3) is 11.5 Å². The Balaban J connectivity index is 1.36. The van der Waals surface area contributed by atoms with Crippen molar-refractivity contribution in [2.45, 2.75) is 25.8 Å². The Bertz CT molecular complexity index is 1370. The van der Waals surface area contributed by atoms with Gasteiger partial charge in [0, 0.05) is 31.5 Å². The summed E-state index contributed by atoms with van der Waals surface area (Å²) in [6.45, 7) is 2.81. The Morgan fingerprint density at radius 2 is 1.81 bits per heavy atom. The van der Waals surface area contributed by atoms with Crippen LogP contribution in [0.25, 0.3) is 16.0 Å². The molecule has 0 unspecified atom stereocenters. The highest BCUT2D eigenvalue weighted by molar-refractivity contribution is 7.16. The number of thiazole rings is 1. The van der Waals surface area contributed by atoms with Gasteiger partial charge in [-0.25, -0.2) is 9.78 Å². The first-order valence-corrected chi connectivity index (χ1v) is 11.0. The largest absolute Gasteiger partial charge is 0.338 e. The lowest BCUT2D eigenvalue weighted by atomic mass is 10.0. The van der Waals surface area contributed by atoms with E-state index in [1.165, 1.54) is 15.9 Å². The molecule has 9 heteroatoms. The minimum Gasteiger partial charge on any atom is -0.338 e. The SMILES string of the molecule is Cc1nc(-n2cccc2)sc1C(=O)N1CCC(n2c(=O)[nH]c3ccccc3c2=O)CC1. The molecule has 4 heterocycles. The van der Waals surface area contributed by atoms with E-state index in [2.05, 4.69) is 9.97 Å². The zero-order valence-corrected chi connectivity index (χ0v) is 17.8. The summed E-state index contributed by atoms with van der Waals surface area (Å²) in [6.07, 6.45) is 4.90. The minimum absolute atomic E-state index is 0.0494. The summed E-state index contributed by atoms with van der Waals surface area (Å²) in [5, 5.41) is 1.26. The molecule has 0 bridgehead atoms. The van der Waals surface area contributed by atoms with Crippen LogP contribution in [0.3, 0.4) is 0 Å². The van der Waals surface area contributed by atoms with E-state index >= 15 is 0 Å². The first-order chi connectivity index (χ1) is 15.0. The van der Waals surface area contributed by atoms with E-state index in [1.54, 1.807) is 29.2 Å². The number of nitrogens with zero attached hydrogens (tertiary/aromatic N) is 4. The second-order valence-corrected chi connectivity index (χ2v) is 8.65. The van der Waals surface area contributed by atoms with Crippen LogP contribution in [-0.4, -0.2) is 43.0 Å². The highest BCUT2D eigenvalue weighted by atomic mass is 32.1. The molecule has 1 aliphatic rings. The molecule has 31 heavy (non-hydrogen) atoms.